The highest BCUT2D eigenvalue weighted by Gasteiger charge is 2.25. The van der Waals surface area contributed by atoms with E-state index >= 15 is 0 Å². The van der Waals surface area contributed by atoms with Crippen LogP contribution in [-0.4, -0.2) is 34.2 Å². The molecular formula is C11H15N3O. The van der Waals surface area contributed by atoms with Crippen LogP contribution in [0, 0.1) is 11.3 Å². The lowest BCUT2D eigenvalue weighted by atomic mass is 10.0. The molecular weight excluding hydrogens is 190 g/mol. The summed E-state index contributed by atoms with van der Waals surface area (Å²) in [6, 6.07) is 5.93. The van der Waals surface area contributed by atoms with Gasteiger partial charge in [-0.05, 0) is 25.0 Å². The topological polar surface area (TPSA) is 63.0 Å². The third-order valence-electron chi connectivity index (χ3n) is 2.90. The standard InChI is InChI=1S/C11H15N3O/c12-8-11(10-2-1-5-13-10)14-6-3-9(15)4-7-14/h1-2,5,9,11,13,15H,3-4,6-7H2. The molecule has 15 heavy (non-hydrogen) atoms. The first-order chi connectivity index (χ1) is 7.31. The number of nitriles is 1. The fraction of sp³-hybridized carbons (Fsp3) is 0.545. The Morgan fingerprint density at radius 3 is 2.80 bits per heavy atom. The van der Waals surface area contributed by atoms with E-state index in [1.807, 2.05) is 18.3 Å². The first-order valence-electron chi connectivity index (χ1n) is 5.26. The van der Waals surface area contributed by atoms with E-state index in [-0.39, 0.29) is 12.1 Å². The minimum Gasteiger partial charge on any atom is -0.393 e. The zero-order chi connectivity index (χ0) is 10.7. The Balaban J connectivity index is 2.05. The molecule has 0 saturated carbocycles. The fourth-order valence-corrected chi connectivity index (χ4v) is 2.01. The Bertz CT molecular complexity index is 333. The van der Waals surface area contributed by atoms with E-state index in [4.69, 9.17) is 5.26 Å². The highest BCUT2D eigenvalue weighted by atomic mass is 16.3. The molecule has 1 aromatic heterocycles. The summed E-state index contributed by atoms with van der Waals surface area (Å²) in [4.78, 5) is 5.18. The van der Waals surface area contributed by atoms with Crippen molar-refractivity contribution in [3.05, 3.63) is 24.0 Å². The SMILES string of the molecule is N#CC(c1ccc[nH]1)N1CCC(O)CC1. The predicted octanol–water partition coefficient (Wildman–Crippen LogP) is 1.04. The molecule has 80 valence electrons. The average molecular weight is 205 g/mol. The summed E-state index contributed by atoms with van der Waals surface area (Å²) >= 11 is 0. The van der Waals surface area contributed by atoms with Crippen molar-refractivity contribution in [2.45, 2.75) is 25.0 Å². The molecule has 1 atom stereocenters. The molecule has 0 spiro atoms. The van der Waals surface area contributed by atoms with Crippen LogP contribution in [0.5, 0.6) is 0 Å². The van der Waals surface area contributed by atoms with Gasteiger partial charge in [0.25, 0.3) is 0 Å². The summed E-state index contributed by atoms with van der Waals surface area (Å²) in [7, 11) is 0. The molecule has 2 rings (SSSR count). The second kappa shape index (κ2) is 4.47. The van der Waals surface area contributed by atoms with Gasteiger partial charge in [-0.25, -0.2) is 0 Å². The summed E-state index contributed by atoms with van der Waals surface area (Å²) in [6.07, 6.45) is 3.17. The largest absolute Gasteiger partial charge is 0.393 e. The minimum atomic E-state index is -0.201. The number of aromatic amines is 1. The van der Waals surface area contributed by atoms with Gasteiger partial charge >= 0.3 is 0 Å². The highest BCUT2D eigenvalue weighted by molar-refractivity contribution is 5.16. The zero-order valence-corrected chi connectivity index (χ0v) is 8.56. The molecule has 2 N–H and O–H groups in total. The number of nitrogens with zero attached hydrogens (tertiary/aromatic N) is 2. The van der Waals surface area contributed by atoms with E-state index < -0.39 is 0 Å². The van der Waals surface area contributed by atoms with E-state index in [9.17, 15) is 5.11 Å². The molecule has 0 bridgehead atoms. The van der Waals surface area contributed by atoms with E-state index in [0.29, 0.717) is 0 Å². The van der Waals surface area contributed by atoms with Crippen molar-refractivity contribution < 1.29 is 5.11 Å². The van der Waals surface area contributed by atoms with Crippen LogP contribution in [-0.2, 0) is 0 Å². The molecule has 4 heteroatoms. The van der Waals surface area contributed by atoms with Gasteiger partial charge < -0.3 is 10.1 Å². The lowest BCUT2D eigenvalue weighted by Gasteiger charge is -2.32. The Morgan fingerprint density at radius 1 is 1.53 bits per heavy atom. The Morgan fingerprint density at radius 2 is 2.27 bits per heavy atom. The number of aromatic nitrogens is 1. The first-order valence-corrected chi connectivity index (χ1v) is 5.26. The Hall–Kier alpha value is -1.31. The zero-order valence-electron chi connectivity index (χ0n) is 8.56. The number of hydrogen-bond acceptors (Lipinski definition) is 3. The smallest absolute Gasteiger partial charge is 0.138 e. The Kier molecular flexibility index (Phi) is 3.05. The van der Waals surface area contributed by atoms with Crippen molar-refractivity contribution in [1.82, 2.24) is 9.88 Å². The van der Waals surface area contributed by atoms with Crippen LogP contribution >= 0.6 is 0 Å². The molecule has 1 aromatic rings. The number of nitrogens with one attached hydrogen (secondary N) is 1. The second-order valence-electron chi connectivity index (χ2n) is 3.92. The molecule has 1 aliphatic rings. The van der Waals surface area contributed by atoms with Gasteiger partial charge in [0.2, 0.25) is 0 Å². The van der Waals surface area contributed by atoms with Crippen molar-refractivity contribution in [3.8, 4) is 6.07 Å². The average Bonchev–Trinajstić information content (AvgIpc) is 2.75. The molecule has 1 aliphatic heterocycles. The molecule has 1 saturated heterocycles. The van der Waals surface area contributed by atoms with Gasteiger partial charge in [0, 0.05) is 25.0 Å². The van der Waals surface area contributed by atoms with E-state index in [2.05, 4.69) is 16.0 Å². The summed E-state index contributed by atoms with van der Waals surface area (Å²) in [5.74, 6) is 0. The van der Waals surface area contributed by atoms with Crippen LogP contribution in [0.4, 0.5) is 0 Å². The number of rotatable bonds is 2. The normalized spacial score (nSPS) is 21.1. The molecule has 0 aromatic carbocycles. The third-order valence-corrected chi connectivity index (χ3v) is 2.90. The van der Waals surface area contributed by atoms with Crippen molar-refractivity contribution in [3.63, 3.8) is 0 Å². The van der Waals surface area contributed by atoms with Crippen molar-refractivity contribution in [1.29, 1.82) is 5.26 Å². The lowest BCUT2D eigenvalue weighted by Crippen LogP contribution is -2.38. The van der Waals surface area contributed by atoms with Gasteiger partial charge in [-0.1, -0.05) is 0 Å². The number of likely N-dealkylation sites (tertiary alicyclic amines) is 1. The number of aliphatic hydroxyl groups excluding tert-OH is 1. The maximum Gasteiger partial charge on any atom is 0.138 e. The monoisotopic (exact) mass is 205 g/mol. The summed E-state index contributed by atoms with van der Waals surface area (Å²) in [5, 5.41) is 18.5. The van der Waals surface area contributed by atoms with E-state index in [1.54, 1.807) is 0 Å². The second-order valence-corrected chi connectivity index (χ2v) is 3.92. The van der Waals surface area contributed by atoms with Gasteiger partial charge in [0.15, 0.2) is 0 Å². The molecule has 0 radical (unpaired) electrons. The van der Waals surface area contributed by atoms with Crippen LogP contribution in [0.25, 0.3) is 0 Å². The van der Waals surface area contributed by atoms with Gasteiger partial charge in [0.05, 0.1) is 12.2 Å². The number of piperidine rings is 1. The van der Waals surface area contributed by atoms with Gasteiger partial charge in [-0.3, -0.25) is 4.90 Å². The molecule has 0 amide bonds. The van der Waals surface area contributed by atoms with E-state index in [1.165, 1.54) is 0 Å². The molecule has 0 aliphatic carbocycles. The quantitative estimate of drug-likeness (QED) is 0.758. The first kappa shape index (κ1) is 10.2. The maximum absolute atomic E-state index is 9.39. The van der Waals surface area contributed by atoms with Gasteiger partial charge in [-0.2, -0.15) is 5.26 Å². The fourth-order valence-electron chi connectivity index (χ4n) is 2.01. The summed E-state index contributed by atoms with van der Waals surface area (Å²) in [6.45, 7) is 1.58. The number of aliphatic hydroxyl groups is 1. The summed E-state index contributed by atoms with van der Waals surface area (Å²) in [5.41, 5.74) is 0.939. The molecule has 2 heterocycles. The van der Waals surface area contributed by atoms with E-state index in [0.717, 1.165) is 31.6 Å². The maximum atomic E-state index is 9.39. The lowest BCUT2D eigenvalue weighted by molar-refractivity contribution is 0.0710. The molecule has 1 unspecified atom stereocenters. The Labute approximate surface area is 89.1 Å². The van der Waals surface area contributed by atoms with Crippen molar-refractivity contribution in [2.75, 3.05) is 13.1 Å². The predicted molar refractivity (Wildman–Crippen MR) is 56.0 cm³/mol. The van der Waals surface area contributed by atoms with Crippen LogP contribution in [0.1, 0.15) is 24.6 Å². The number of H-pyrrole nitrogens is 1. The minimum absolute atomic E-state index is 0.191. The van der Waals surface area contributed by atoms with Crippen molar-refractivity contribution >= 4 is 0 Å². The van der Waals surface area contributed by atoms with Crippen molar-refractivity contribution in [2.24, 2.45) is 0 Å². The molecule has 4 nitrogen and oxygen atoms in total. The van der Waals surface area contributed by atoms with Gasteiger partial charge in [0.1, 0.15) is 6.04 Å². The van der Waals surface area contributed by atoms with Crippen LogP contribution in [0.15, 0.2) is 18.3 Å². The summed E-state index contributed by atoms with van der Waals surface area (Å²) < 4.78 is 0. The van der Waals surface area contributed by atoms with Crippen LogP contribution in [0.3, 0.4) is 0 Å². The molecule has 1 fully saturated rings. The highest BCUT2D eigenvalue weighted by Crippen LogP contribution is 2.22. The van der Waals surface area contributed by atoms with Gasteiger partial charge in [-0.15, -0.1) is 0 Å². The third kappa shape index (κ3) is 2.20. The number of hydrogen-bond donors (Lipinski definition) is 2. The van der Waals surface area contributed by atoms with Crippen LogP contribution < -0.4 is 0 Å². The van der Waals surface area contributed by atoms with Crippen LogP contribution in [0.2, 0.25) is 0 Å².